The highest BCUT2D eigenvalue weighted by atomic mass is 16.2. The van der Waals surface area contributed by atoms with Crippen LogP contribution in [0.4, 0.5) is 0 Å². The molecule has 0 bridgehead atoms. The van der Waals surface area contributed by atoms with E-state index in [0.29, 0.717) is 6.42 Å². The molecule has 0 aromatic heterocycles. The highest BCUT2D eigenvalue weighted by Crippen LogP contribution is 1.98. The Labute approximate surface area is 97.2 Å². The quantitative estimate of drug-likeness (QED) is 0.545. The third-order valence-corrected chi connectivity index (χ3v) is 2.34. The number of amides is 1. The van der Waals surface area contributed by atoms with Crippen molar-refractivity contribution in [1.29, 1.82) is 0 Å². The van der Waals surface area contributed by atoms with Crippen LogP contribution in [-0.2, 0) is 11.2 Å². The second kappa shape index (κ2) is 7.88. The Hall–Kier alpha value is -1.35. The van der Waals surface area contributed by atoms with Crippen molar-refractivity contribution in [1.82, 2.24) is 10.9 Å². The van der Waals surface area contributed by atoms with E-state index in [1.165, 1.54) is 12.8 Å². The molecule has 0 spiro atoms. The van der Waals surface area contributed by atoms with E-state index < -0.39 is 0 Å². The molecule has 1 rings (SSSR count). The molecule has 3 nitrogen and oxygen atoms in total. The van der Waals surface area contributed by atoms with Gasteiger partial charge in [-0.05, 0) is 12.0 Å². The van der Waals surface area contributed by atoms with Gasteiger partial charge in [-0.15, -0.1) is 0 Å². The Kier molecular flexibility index (Phi) is 6.26. The first-order chi connectivity index (χ1) is 7.83. The first kappa shape index (κ1) is 12.7. The fourth-order valence-corrected chi connectivity index (χ4v) is 1.45. The Morgan fingerprint density at radius 3 is 2.62 bits per heavy atom. The fourth-order valence-electron chi connectivity index (χ4n) is 1.45. The van der Waals surface area contributed by atoms with Crippen molar-refractivity contribution in [3.8, 4) is 0 Å². The van der Waals surface area contributed by atoms with Crippen molar-refractivity contribution in [2.75, 3.05) is 6.54 Å². The van der Waals surface area contributed by atoms with Crippen molar-refractivity contribution < 1.29 is 4.79 Å². The number of carbonyl (C=O) groups excluding carboxylic acids is 1. The van der Waals surface area contributed by atoms with Crippen LogP contribution < -0.4 is 10.9 Å². The molecule has 0 aliphatic rings. The monoisotopic (exact) mass is 220 g/mol. The predicted octanol–water partition coefficient (Wildman–Crippen LogP) is 2.04. The molecule has 2 N–H and O–H groups in total. The minimum Gasteiger partial charge on any atom is -0.291 e. The van der Waals surface area contributed by atoms with E-state index in [-0.39, 0.29) is 5.91 Å². The summed E-state index contributed by atoms with van der Waals surface area (Å²) in [6.07, 6.45) is 3.92. The molecule has 16 heavy (non-hydrogen) atoms. The summed E-state index contributed by atoms with van der Waals surface area (Å²) in [5, 5.41) is 0. The van der Waals surface area contributed by atoms with E-state index in [4.69, 9.17) is 0 Å². The second-order valence-corrected chi connectivity index (χ2v) is 3.84. The molecule has 1 aromatic carbocycles. The number of carbonyl (C=O) groups is 1. The van der Waals surface area contributed by atoms with E-state index in [0.717, 1.165) is 18.5 Å². The topological polar surface area (TPSA) is 41.1 Å². The summed E-state index contributed by atoms with van der Waals surface area (Å²) in [7, 11) is 0. The van der Waals surface area contributed by atoms with Crippen molar-refractivity contribution in [2.24, 2.45) is 0 Å². The Morgan fingerprint density at radius 1 is 1.19 bits per heavy atom. The molecule has 1 amide bonds. The van der Waals surface area contributed by atoms with Crippen molar-refractivity contribution in [2.45, 2.75) is 32.6 Å². The molecule has 0 unspecified atom stereocenters. The fraction of sp³-hybridized carbons (Fsp3) is 0.462. The average Bonchev–Trinajstić information content (AvgIpc) is 2.30. The second-order valence-electron chi connectivity index (χ2n) is 3.84. The first-order valence-electron chi connectivity index (χ1n) is 5.88. The number of nitrogens with one attached hydrogen (secondary N) is 2. The normalized spacial score (nSPS) is 10.1. The molecule has 0 saturated carbocycles. The zero-order valence-corrected chi connectivity index (χ0v) is 9.83. The standard InChI is InChI=1S/C13H20N2O/c1-2-3-7-10-14-15-13(16)11-12-8-5-4-6-9-12/h4-6,8-9,14H,2-3,7,10-11H2,1H3,(H,15,16). The predicted molar refractivity (Wildman–Crippen MR) is 65.8 cm³/mol. The molecule has 3 heteroatoms. The van der Waals surface area contributed by atoms with Crippen LogP contribution in [0, 0.1) is 0 Å². The third kappa shape index (κ3) is 5.51. The van der Waals surface area contributed by atoms with Crippen molar-refractivity contribution in [3.05, 3.63) is 35.9 Å². The van der Waals surface area contributed by atoms with Crippen LogP contribution in [0.5, 0.6) is 0 Å². The Bertz CT molecular complexity index is 298. The maximum Gasteiger partial charge on any atom is 0.238 e. The van der Waals surface area contributed by atoms with Gasteiger partial charge in [-0.3, -0.25) is 10.2 Å². The van der Waals surface area contributed by atoms with Crippen LogP contribution in [0.1, 0.15) is 31.7 Å². The third-order valence-electron chi connectivity index (χ3n) is 2.34. The van der Waals surface area contributed by atoms with E-state index in [1.54, 1.807) is 0 Å². The van der Waals surface area contributed by atoms with Gasteiger partial charge in [-0.2, -0.15) is 0 Å². The largest absolute Gasteiger partial charge is 0.291 e. The van der Waals surface area contributed by atoms with Crippen LogP contribution in [0.15, 0.2) is 30.3 Å². The summed E-state index contributed by atoms with van der Waals surface area (Å²) in [6, 6.07) is 9.74. The number of hydrogen-bond donors (Lipinski definition) is 2. The molecule has 0 atom stereocenters. The highest BCUT2D eigenvalue weighted by molar-refractivity contribution is 5.77. The number of rotatable bonds is 7. The first-order valence-corrected chi connectivity index (χ1v) is 5.88. The van der Waals surface area contributed by atoms with Gasteiger partial charge in [0.1, 0.15) is 0 Å². The lowest BCUT2D eigenvalue weighted by atomic mass is 10.1. The molecule has 1 aromatic rings. The van der Waals surface area contributed by atoms with Crippen LogP contribution in [0.25, 0.3) is 0 Å². The highest BCUT2D eigenvalue weighted by Gasteiger charge is 2.00. The van der Waals surface area contributed by atoms with Gasteiger partial charge >= 0.3 is 0 Å². The Morgan fingerprint density at radius 2 is 1.94 bits per heavy atom. The van der Waals surface area contributed by atoms with Crippen LogP contribution in [0.3, 0.4) is 0 Å². The van der Waals surface area contributed by atoms with Crippen LogP contribution >= 0.6 is 0 Å². The molecule has 0 radical (unpaired) electrons. The molecule has 0 aliphatic carbocycles. The zero-order valence-electron chi connectivity index (χ0n) is 9.83. The molecule has 0 saturated heterocycles. The Balaban J connectivity index is 2.12. The maximum atomic E-state index is 11.5. The van der Waals surface area contributed by atoms with Gasteiger partial charge in [0.05, 0.1) is 6.42 Å². The lowest BCUT2D eigenvalue weighted by Crippen LogP contribution is -2.38. The summed E-state index contributed by atoms with van der Waals surface area (Å²) < 4.78 is 0. The van der Waals surface area contributed by atoms with Gasteiger partial charge in [0.15, 0.2) is 0 Å². The lowest BCUT2D eigenvalue weighted by Gasteiger charge is -2.06. The lowest BCUT2D eigenvalue weighted by molar-refractivity contribution is -0.121. The molecule has 0 aliphatic heterocycles. The molecule has 0 heterocycles. The minimum absolute atomic E-state index is 0.0164. The molecule has 88 valence electrons. The van der Waals surface area contributed by atoms with Gasteiger partial charge in [-0.25, -0.2) is 5.43 Å². The summed E-state index contributed by atoms with van der Waals surface area (Å²) in [4.78, 5) is 11.5. The minimum atomic E-state index is 0.0164. The number of hydrogen-bond acceptors (Lipinski definition) is 2. The maximum absolute atomic E-state index is 11.5. The molecule has 0 fully saturated rings. The van der Waals surface area contributed by atoms with Gasteiger partial charge in [0.25, 0.3) is 0 Å². The SMILES string of the molecule is CCCCCNNC(=O)Cc1ccccc1. The van der Waals surface area contributed by atoms with Crippen LogP contribution in [0.2, 0.25) is 0 Å². The van der Waals surface area contributed by atoms with Crippen LogP contribution in [-0.4, -0.2) is 12.5 Å². The van der Waals surface area contributed by atoms with E-state index >= 15 is 0 Å². The average molecular weight is 220 g/mol. The van der Waals surface area contributed by atoms with E-state index in [1.807, 2.05) is 30.3 Å². The number of benzene rings is 1. The van der Waals surface area contributed by atoms with Crippen molar-refractivity contribution >= 4 is 5.91 Å². The summed E-state index contributed by atoms with van der Waals surface area (Å²) in [5.74, 6) is 0.0164. The molecular formula is C13H20N2O. The summed E-state index contributed by atoms with van der Waals surface area (Å²) in [5.41, 5.74) is 6.68. The van der Waals surface area contributed by atoms with E-state index in [2.05, 4.69) is 17.8 Å². The summed E-state index contributed by atoms with van der Waals surface area (Å²) >= 11 is 0. The number of unbranched alkanes of at least 4 members (excludes halogenated alkanes) is 2. The summed E-state index contributed by atoms with van der Waals surface area (Å²) in [6.45, 7) is 3.00. The van der Waals surface area contributed by atoms with Gasteiger partial charge in [0.2, 0.25) is 5.91 Å². The van der Waals surface area contributed by atoms with E-state index in [9.17, 15) is 4.79 Å². The van der Waals surface area contributed by atoms with Gasteiger partial charge in [-0.1, -0.05) is 50.1 Å². The number of hydrazine groups is 1. The van der Waals surface area contributed by atoms with Crippen molar-refractivity contribution in [3.63, 3.8) is 0 Å². The van der Waals surface area contributed by atoms with Gasteiger partial charge in [0, 0.05) is 6.54 Å². The smallest absolute Gasteiger partial charge is 0.238 e. The zero-order chi connectivity index (χ0) is 11.6. The van der Waals surface area contributed by atoms with Gasteiger partial charge < -0.3 is 0 Å². The molecular weight excluding hydrogens is 200 g/mol.